The summed E-state index contributed by atoms with van der Waals surface area (Å²) in [5.74, 6) is -0.933. The topological polar surface area (TPSA) is 66.8 Å². The van der Waals surface area contributed by atoms with Crippen LogP contribution in [0.15, 0.2) is 71.6 Å². The predicted octanol–water partition coefficient (Wildman–Crippen LogP) is 5.73. The maximum absolute atomic E-state index is 13.2. The molecule has 1 N–H and O–H groups in total. The lowest BCUT2D eigenvalue weighted by molar-refractivity contribution is -0.132. The minimum atomic E-state index is -0.694. The van der Waals surface area contributed by atoms with E-state index in [0.717, 1.165) is 23.3 Å². The molecule has 1 fully saturated rings. The molecule has 1 aliphatic rings. The summed E-state index contributed by atoms with van der Waals surface area (Å²) >= 11 is 1.44. The van der Waals surface area contributed by atoms with Crippen molar-refractivity contribution in [1.82, 2.24) is 0 Å². The minimum absolute atomic E-state index is 0.0876. The summed E-state index contributed by atoms with van der Waals surface area (Å²) in [6.45, 7) is 4.63. The van der Waals surface area contributed by atoms with E-state index < -0.39 is 17.7 Å². The molecule has 2 aromatic carbocycles. The van der Waals surface area contributed by atoms with Gasteiger partial charge in [0.25, 0.3) is 11.7 Å². The number of nitrogens with zero attached hydrogens (tertiary/aromatic N) is 1. The second-order valence-corrected chi connectivity index (χ2v) is 8.56. The Balaban J connectivity index is 1.83. The summed E-state index contributed by atoms with van der Waals surface area (Å²) in [7, 11) is 0. The lowest BCUT2D eigenvalue weighted by atomic mass is 9.99. The second kappa shape index (κ2) is 9.40. The molecule has 0 bridgehead atoms. The zero-order valence-corrected chi connectivity index (χ0v) is 18.9. The SMILES string of the molecule is CCCOc1cccc(/C(O)=C2/C(=O)C(=O)N(c3ccc(CC)cc3)C2c2cccs2)c1. The molecule has 1 aliphatic heterocycles. The number of hydrogen-bond donors (Lipinski definition) is 1. The van der Waals surface area contributed by atoms with Crippen molar-refractivity contribution in [3.63, 3.8) is 0 Å². The number of amides is 1. The highest BCUT2D eigenvalue weighted by atomic mass is 32.1. The average Bonchev–Trinajstić information content (AvgIpc) is 3.44. The number of ether oxygens (including phenoxy) is 1. The van der Waals surface area contributed by atoms with E-state index in [1.165, 1.54) is 16.2 Å². The van der Waals surface area contributed by atoms with Gasteiger partial charge < -0.3 is 9.84 Å². The quantitative estimate of drug-likeness (QED) is 0.286. The standard InChI is InChI=1S/C26H25NO4S/c1-3-14-31-20-8-5-7-18(16-20)24(28)22-23(21-9-6-15-32-21)27(26(30)25(22)29)19-12-10-17(4-2)11-13-19/h5-13,15-16,23,28H,3-4,14H2,1-2H3/b24-22-. The first kappa shape index (κ1) is 21.8. The molecule has 1 unspecified atom stereocenters. The molecular weight excluding hydrogens is 422 g/mol. The van der Waals surface area contributed by atoms with Crippen molar-refractivity contribution in [1.29, 1.82) is 0 Å². The van der Waals surface area contributed by atoms with Crippen LogP contribution in [0.4, 0.5) is 5.69 Å². The third kappa shape index (κ3) is 4.06. The van der Waals surface area contributed by atoms with Crippen molar-refractivity contribution in [3.05, 3.63) is 87.6 Å². The van der Waals surface area contributed by atoms with Gasteiger partial charge in [0.05, 0.1) is 12.2 Å². The van der Waals surface area contributed by atoms with Crippen molar-refractivity contribution < 1.29 is 19.4 Å². The van der Waals surface area contributed by atoms with E-state index in [-0.39, 0.29) is 11.3 Å². The predicted molar refractivity (Wildman–Crippen MR) is 127 cm³/mol. The summed E-state index contributed by atoms with van der Waals surface area (Å²) in [4.78, 5) is 28.6. The van der Waals surface area contributed by atoms with Gasteiger partial charge in [0.1, 0.15) is 17.6 Å². The first-order chi connectivity index (χ1) is 15.5. The van der Waals surface area contributed by atoms with Gasteiger partial charge in [0.2, 0.25) is 0 Å². The smallest absolute Gasteiger partial charge is 0.300 e. The first-order valence-corrected chi connectivity index (χ1v) is 11.6. The number of ketones is 1. The number of carbonyl (C=O) groups is 2. The summed E-state index contributed by atoms with van der Waals surface area (Å²) in [6, 6.07) is 17.6. The Kier molecular flexibility index (Phi) is 6.42. The molecule has 4 rings (SSSR count). The highest BCUT2D eigenvalue weighted by Crippen LogP contribution is 2.43. The third-order valence-corrected chi connectivity index (χ3v) is 6.38. The van der Waals surface area contributed by atoms with Gasteiger partial charge in [-0.1, -0.05) is 44.2 Å². The molecular formula is C26H25NO4S. The van der Waals surface area contributed by atoms with E-state index in [1.54, 1.807) is 24.3 Å². The number of thiophene rings is 1. The number of anilines is 1. The van der Waals surface area contributed by atoms with Crippen LogP contribution in [0, 0.1) is 0 Å². The highest BCUT2D eigenvalue weighted by Gasteiger charge is 2.47. The molecule has 2 heterocycles. The van der Waals surface area contributed by atoms with Crippen LogP contribution in [0.5, 0.6) is 5.75 Å². The van der Waals surface area contributed by atoms with Crippen LogP contribution in [0.25, 0.3) is 5.76 Å². The molecule has 0 aliphatic carbocycles. The lowest BCUT2D eigenvalue weighted by Gasteiger charge is -2.24. The van der Waals surface area contributed by atoms with Gasteiger partial charge in [-0.25, -0.2) is 0 Å². The summed E-state index contributed by atoms with van der Waals surface area (Å²) in [6.07, 6.45) is 1.74. The van der Waals surface area contributed by atoms with Crippen LogP contribution in [-0.4, -0.2) is 23.4 Å². The van der Waals surface area contributed by atoms with Crippen molar-refractivity contribution in [3.8, 4) is 5.75 Å². The lowest BCUT2D eigenvalue weighted by Crippen LogP contribution is -2.29. The van der Waals surface area contributed by atoms with E-state index >= 15 is 0 Å². The molecule has 1 aromatic heterocycles. The molecule has 0 radical (unpaired) electrons. The zero-order valence-electron chi connectivity index (χ0n) is 18.1. The number of benzene rings is 2. The summed E-state index contributed by atoms with van der Waals surface area (Å²) in [5, 5.41) is 13.1. The van der Waals surface area contributed by atoms with E-state index in [1.807, 2.05) is 48.7 Å². The molecule has 1 atom stereocenters. The van der Waals surface area contributed by atoms with Crippen LogP contribution in [-0.2, 0) is 16.0 Å². The number of aliphatic hydroxyl groups excluding tert-OH is 1. The fraction of sp³-hybridized carbons (Fsp3) is 0.231. The molecule has 1 saturated heterocycles. The summed E-state index contributed by atoms with van der Waals surface area (Å²) < 4.78 is 5.67. The summed E-state index contributed by atoms with van der Waals surface area (Å²) in [5.41, 5.74) is 2.30. The molecule has 6 heteroatoms. The fourth-order valence-electron chi connectivity index (χ4n) is 3.82. The Morgan fingerprint density at radius 2 is 1.84 bits per heavy atom. The number of hydrogen-bond acceptors (Lipinski definition) is 5. The first-order valence-electron chi connectivity index (χ1n) is 10.7. The van der Waals surface area contributed by atoms with Crippen molar-refractivity contribution in [2.24, 2.45) is 0 Å². The minimum Gasteiger partial charge on any atom is -0.507 e. The van der Waals surface area contributed by atoms with Gasteiger partial charge in [-0.3, -0.25) is 14.5 Å². The Morgan fingerprint density at radius 3 is 2.50 bits per heavy atom. The van der Waals surface area contributed by atoms with Gasteiger partial charge >= 0.3 is 0 Å². The molecule has 32 heavy (non-hydrogen) atoms. The molecule has 5 nitrogen and oxygen atoms in total. The molecule has 164 valence electrons. The fourth-order valence-corrected chi connectivity index (χ4v) is 4.64. The van der Waals surface area contributed by atoms with Gasteiger partial charge in [0, 0.05) is 16.1 Å². The van der Waals surface area contributed by atoms with Crippen molar-refractivity contribution in [2.75, 3.05) is 11.5 Å². The molecule has 0 spiro atoms. The van der Waals surface area contributed by atoms with Gasteiger partial charge in [0.15, 0.2) is 0 Å². The Bertz CT molecular complexity index is 1150. The van der Waals surface area contributed by atoms with Crippen molar-refractivity contribution in [2.45, 2.75) is 32.7 Å². The maximum atomic E-state index is 13.2. The monoisotopic (exact) mass is 447 g/mol. The molecule has 3 aromatic rings. The van der Waals surface area contributed by atoms with Crippen LogP contribution in [0.3, 0.4) is 0 Å². The van der Waals surface area contributed by atoms with E-state index in [0.29, 0.717) is 23.6 Å². The van der Waals surface area contributed by atoms with Gasteiger partial charge in [-0.2, -0.15) is 0 Å². The van der Waals surface area contributed by atoms with Crippen LogP contribution < -0.4 is 9.64 Å². The van der Waals surface area contributed by atoms with E-state index in [9.17, 15) is 14.7 Å². The van der Waals surface area contributed by atoms with Gasteiger partial charge in [-0.15, -0.1) is 11.3 Å². The normalized spacial score (nSPS) is 17.7. The molecule has 0 saturated carbocycles. The Hall–Kier alpha value is -3.38. The second-order valence-electron chi connectivity index (χ2n) is 7.58. The largest absolute Gasteiger partial charge is 0.507 e. The highest BCUT2D eigenvalue weighted by molar-refractivity contribution is 7.10. The van der Waals surface area contributed by atoms with Crippen LogP contribution >= 0.6 is 11.3 Å². The van der Waals surface area contributed by atoms with Gasteiger partial charge in [-0.05, 0) is 54.1 Å². The van der Waals surface area contributed by atoms with E-state index in [4.69, 9.17) is 4.74 Å². The third-order valence-electron chi connectivity index (χ3n) is 5.46. The number of Topliss-reactive ketones (excluding diaryl/α,β-unsaturated/α-hetero) is 1. The Morgan fingerprint density at radius 1 is 1.06 bits per heavy atom. The van der Waals surface area contributed by atoms with Crippen LogP contribution in [0.2, 0.25) is 0 Å². The number of rotatable bonds is 7. The zero-order chi connectivity index (χ0) is 22.7. The van der Waals surface area contributed by atoms with Crippen LogP contribution in [0.1, 0.15) is 42.3 Å². The Labute approximate surface area is 191 Å². The number of carbonyl (C=O) groups excluding carboxylic acids is 2. The van der Waals surface area contributed by atoms with E-state index in [2.05, 4.69) is 6.92 Å². The number of aliphatic hydroxyl groups is 1. The maximum Gasteiger partial charge on any atom is 0.300 e. The number of aryl methyl sites for hydroxylation is 1. The van der Waals surface area contributed by atoms with Crippen molar-refractivity contribution >= 4 is 34.5 Å². The average molecular weight is 448 g/mol. The molecule has 1 amide bonds.